The van der Waals surface area contributed by atoms with Gasteiger partial charge in [-0.15, -0.1) is 0 Å². The highest BCUT2D eigenvalue weighted by Gasteiger charge is 2.39. The van der Waals surface area contributed by atoms with Crippen LogP contribution in [0.1, 0.15) is 6.92 Å². The minimum Gasteiger partial charge on any atom is -0.479 e. The molecule has 0 amide bonds. The van der Waals surface area contributed by atoms with Gasteiger partial charge in [0.15, 0.2) is 12.2 Å². The van der Waals surface area contributed by atoms with Crippen molar-refractivity contribution in [3.63, 3.8) is 0 Å². The Morgan fingerprint density at radius 1 is 1.62 bits per heavy atom. The Labute approximate surface area is 72.5 Å². The van der Waals surface area contributed by atoms with E-state index in [2.05, 4.69) is 4.74 Å². The fourth-order valence-corrected chi connectivity index (χ4v) is 0.538. The number of rotatable bonds is 4. The number of hydrogen-bond donors (Lipinski definition) is 2. The van der Waals surface area contributed by atoms with Gasteiger partial charge in [0.1, 0.15) is 0 Å². The lowest BCUT2D eigenvalue weighted by atomic mass is 10.3. The summed E-state index contributed by atoms with van der Waals surface area (Å²) in [6.07, 6.45) is -8.31. The third kappa shape index (κ3) is 4.09. The first-order chi connectivity index (χ1) is 5.79. The number of hydrogen-bond acceptors (Lipinski definition) is 3. The van der Waals surface area contributed by atoms with Crippen LogP contribution in [0.3, 0.4) is 0 Å². The molecule has 0 aliphatic rings. The summed E-state index contributed by atoms with van der Waals surface area (Å²) in [5.41, 5.74) is 4.89. The van der Waals surface area contributed by atoms with Gasteiger partial charge in [-0.25, -0.2) is 4.79 Å². The van der Waals surface area contributed by atoms with Crippen molar-refractivity contribution in [3.8, 4) is 0 Å². The van der Waals surface area contributed by atoms with Gasteiger partial charge in [0.25, 0.3) is 0 Å². The normalized spacial score (nSPS) is 16.7. The second kappa shape index (κ2) is 4.43. The number of carboxylic acids is 1. The van der Waals surface area contributed by atoms with Gasteiger partial charge in [0.2, 0.25) is 0 Å². The molecular formula is C6H10F3NO3. The molecule has 0 rings (SSSR count). The molecule has 3 N–H and O–H groups in total. The molecule has 0 spiro atoms. The first-order valence-electron chi connectivity index (χ1n) is 3.44. The highest BCUT2D eigenvalue weighted by molar-refractivity contribution is 5.72. The first-order valence-corrected chi connectivity index (χ1v) is 3.44. The van der Waals surface area contributed by atoms with E-state index in [1.54, 1.807) is 0 Å². The van der Waals surface area contributed by atoms with Gasteiger partial charge < -0.3 is 15.6 Å². The van der Waals surface area contributed by atoms with E-state index in [0.29, 0.717) is 0 Å². The summed E-state index contributed by atoms with van der Waals surface area (Å²) in [6, 6.07) is 0. The predicted octanol–water partition coefficient (Wildman–Crippen LogP) is 0.366. The molecule has 0 aromatic rings. The molecule has 0 heterocycles. The number of carboxylic acid groups (broad SMARTS) is 1. The largest absolute Gasteiger partial charge is 0.479 e. The summed E-state index contributed by atoms with van der Waals surface area (Å²) in [5.74, 6) is -1.50. The zero-order chi connectivity index (χ0) is 10.6. The van der Waals surface area contributed by atoms with Gasteiger partial charge in [-0.2, -0.15) is 13.2 Å². The maximum atomic E-state index is 11.9. The second-order valence-corrected chi connectivity index (χ2v) is 2.38. The standard InChI is InChI=1S/C6H10F3NO3/c1-3(6(7,8)9)13-4(2-10)5(11)12/h3-4H,2,10H2,1H3,(H,11,12). The maximum absolute atomic E-state index is 11.9. The number of carbonyl (C=O) groups is 1. The van der Waals surface area contributed by atoms with Crippen molar-refractivity contribution in [1.82, 2.24) is 0 Å². The minimum atomic E-state index is -4.57. The Balaban J connectivity index is 4.17. The van der Waals surface area contributed by atoms with Crippen LogP contribution in [0.5, 0.6) is 0 Å². The molecule has 0 aromatic carbocycles. The van der Waals surface area contributed by atoms with Crippen molar-refractivity contribution in [3.05, 3.63) is 0 Å². The summed E-state index contributed by atoms with van der Waals surface area (Å²) in [6.45, 7) is 0.237. The number of halogens is 3. The first kappa shape index (κ1) is 12.2. The predicted molar refractivity (Wildman–Crippen MR) is 37.1 cm³/mol. The summed E-state index contributed by atoms with van der Waals surface area (Å²) < 4.78 is 39.7. The van der Waals surface area contributed by atoms with Crippen LogP contribution in [0.25, 0.3) is 0 Å². The highest BCUT2D eigenvalue weighted by atomic mass is 19.4. The lowest BCUT2D eigenvalue weighted by Gasteiger charge is -2.20. The van der Waals surface area contributed by atoms with Gasteiger partial charge >= 0.3 is 12.1 Å². The van der Waals surface area contributed by atoms with Crippen molar-refractivity contribution in [1.29, 1.82) is 0 Å². The van der Waals surface area contributed by atoms with Crippen molar-refractivity contribution >= 4 is 5.97 Å². The SMILES string of the molecule is CC(OC(CN)C(=O)O)C(F)(F)F. The zero-order valence-electron chi connectivity index (χ0n) is 6.84. The molecule has 0 aromatic heterocycles. The summed E-state index contributed by atoms with van der Waals surface area (Å²) in [4.78, 5) is 10.2. The zero-order valence-corrected chi connectivity index (χ0v) is 6.84. The molecule has 0 aliphatic heterocycles. The van der Waals surface area contributed by atoms with Gasteiger partial charge in [-0.1, -0.05) is 0 Å². The molecule has 0 bridgehead atoms. The van der Waals surface area contributed by atoms with Gasteiger partial charge in [0, 0.05) is 6.54 Å². The van der Waals surface area contributed by atoms with Crippen molar-refractivity contribution < 1.29 is 27.8 Å². The van der Waals surface area contributed by atoms with Gasteiger partial charge in [-0.3, -0.25) is 0 Å². The molecule has 0 aliphatic carbocycles. The number of aliphatic carboxylic acids is 1. The molecule has 4 nitrogen and oxygen atoms in total. The Bertz CT molecular complexity index is 182. The second-order valence-electron chi connectivity index (χ2n) is 2.38. The van der Waals surface area contributed by atoms with Crippen LogP contribution in [0.2, 0.25) is 0 Å². The van der Waals surface area contributed by atoms with E-state index in [4.69, 9.17) is 10.8 Å². The Morgan fingerprint density at radius 2 is 2.08 bits per heavy atom. The Morgan fingerprint density at radius 3 is 2.31 bits per heavy atom. The Hall–Kier alpha value is -0.820. The topological polar surface area (TPSA) is 72.5 Å². The van der Waals surface area contributed by atoms with E-state index in [-0.39, 0.29) is 0 Å². The molecule has 0 saturated carbocycles. The smallest absolute Gasteiger partial charge is 0.414 e. The van der Waals surface area contributed by atoms with E-state index in [1.807, 2.05) is 0 Å². The van der Waals surface area contributed by atoms with Crippen molar-refractivity contribution in [2.45, 2.75) is 25.3 Å². The Kier molecular flexibility index (Phi) is 4.15. The third-order valence-electron chi connectivity index (χ3n) is 1.32. The van der Waals surface area contributed by atoms with E-state index >= 15 is 0 Å². The van der Waals surface area contributed by atoms with E-state index in [9.17, 15) is 18.0 Å². The van der Waals surface area contributed by atoms with Crippen LogP contribution in [0.4, 0.5) is 13.2 Å². The average molecular weight is 201 g/mol. The molecule has 0 radical (unpaired) electrons. The fourth-order valence-electron chi connectivity index (χ4n) is 0.538. The average Bonchev–Trinajstić information content (AvgIpc) is 1.96. The van der Waals surface area contributed by atoms with Crippen LogP contribution in [0, 0.1) is 0 Å². The van der Waals surface area contributed by atoms with Crippen LogP contribution in [-0.2, 0) is 9.53 Å². The lowest BCUT2D eigenvalue weighted by Crippen LogP contribution is -2.40. The molecule has 78 valence electrons. The van der Waals surface area contributed by atoms with Crippen molar-refractivity contribution in [2.75, 3.05) is 6.54 Å². The van der Waals surface area contributed by atoms with Crippen LogP contribution >= 0.6 is 0 Å². The van der Waals surface area contributed by atoms with Gasteiger partial charge in [0.05, 0.1) is 0 Å². The highest BCUT2D eigenvalue weighted by Crippen LogP contribution is 2.23. The third-order valence-corrected chi connectivity index (χ3v) is 1.32. The summed E-state index contributed by atoms with van der Waals surface area (Å²) in [5, 5.41) is 8.32. The number of ether oxygens (including phenoxy) is 1. The molecule has 0 fully saturated rings. The summed E-state index contributed by atoms with van der Waals surface area (Å²) in [7, 11) is 0. The lowest BCUT2D eigenvalue weighted by molar-refractivity contribution is -0.227. The van der Waals surface area contributed by atoms with E-state index in [0.717, 1.165) is 6.92 Å². The van der Waals surface area contributed by atoms with E-state index in [1.165, 1.54) is 0 Å². The fraction of sp³-hybridized carbons (Fsp3) is 0.833. The molecular weight excluding hydrogens is 191 g/mol. The molecule has 2 unspecified atom stereocenters. The van der Waals surface area contributed by atoms with E-state index < -0.39 is 30.9 Å². The number of alkyl halides is 3. The quantitative estimate of drug-likeness (QED) is 0.689. The molecule has 13 heavy (non-hydrogen) atoms. The molecule has 7 heteroatoms. The maximum Gasteiger partial charge on any atom is 0.414 e. The molecule has 0 saturated heterocycles. The van der Waals surface area contributed by atoms with Crippen LogP contribution in [-0.4, -0.2) is 36.0 Å². The van der Waals surface area contributed by atoms with Crippen LogP contribution in [0.15, 0.2) is 0 Å². The molecule has 2 atom stereocenters. The van der Waals surface area contributed by atoms with Gasteiger partial charge in [-0.05, 0) is 6.92 Å². The minimum absolute atomic E-state index is 0.490. The summed E-state index contributed by atoms with van der Waals surface area (Å²) >= 11 is 0. The van der Waals surface area contributed by atoms with Crippen molar-refractivity contribution in [2.24, 2.45) is 5.73 Å². The monoisotopic (exact) mass is 201 g/mol. The van der Waals surface area contributed by atoms with Crippen LogP contribution < -0.4 is 5.73 Å². The number of nitrogens with two attached hydrogens (primary N) is 1.